The standard InChI is InChI=1S/C11H15NO/c1-2-3-7-11(10-13)12-8-5-4-6-9-12/h4-9H2,1H3. The van der Waals surface area contributed by atoms with E-state index >= 15 is 0 Å². The summed E-state index contributed by atoms with van der Waals surface area (Å²) >= 11 is 0. The van der Waals surface area contributed by atoms with Gasteiger partial charge in [-0.05, 0) is 26.2 Å². The van der Waals surface area contributed by atoms with Crippen LogP contribution in [0.15, 0.2) is 5.70 Å². The highest BCUT2D eigenvalue weighted by atomic mass is 16.1. The van der Waals surface area contributed by atoms with Crippen LogP contribution in [0.25, 0.3) is 0 Å². The fraction of sp³-hybridized carbons (Fsp3) is 0.636. The molecule has 0 aromatic rings. The first-order chi connectivity index (χ1) is 6.38. The van der Waals surface area contributed by atoms with Gasteiger partial charge in [-0.1, -0.05) is 5.92 Å². The molecule has 1 heterocycles. The average molecular weight is 177 g/mol. The maximum absolute atomic E-state index is 10.6. The van der Waals surface area contributed by atoms with Gasteiger partial charge >= 0.3 is 0 Å². The van der Waals surface area contributed by atoms with E-state index in [1.165, 1.54) is 19.3 Å². The Labute approximate surface area is 79.6 Å². The highest BCUT2D eigenvalue weighted by Crippen LogP contribution is 2.14. The van der Waals surface area contributed by atoms with Crippen molar-refractivity contribution in [3.05, 3.63) is 5.70 Å². The molecule has 0 bridgehead atoms. The predicted octanol–water partition coefficient (Wildman–Crippen LogP) is 1.60. The zero-order valence-electron chi connectivity index (χ0n) is 8.10. The fourth-order valence-corrected chi connectivity index (χ4v) is 1.55. The van der Waals surface area contributed by atoms with Crippen LogP contribution in [-0.2, 0) is 4.79 Å². The molecule has 0 N–H and O–H groups in total. The number of rotatable bonds is 2. The van der Waals surface area contributed by atoms with E-state index in [1.54, 1.807) is 6.92 Å². The maximum atomic E-state index is 10.6. The first-order valence-electron chi connectivity index (χ1n) is 4.77. The normalized spacial score (nSPS) is 15.6. The molecule has 0 amide bonds. The topological polar surface area (TPSA) is 20.3 Å². The number of piperidine rings is 1. The van der Waals surface area contributed by atoms with Crippen LogP contribution in [0.1, 0.15) is 32.6 Å². The van der Waals surface area contributed by atoms with E-state index in [4.69, 9.17) is 0 Å². The Balaban J connectivity index is 2.53. The largest absolute Gasteiger partial charge is 0.365 e. The van der Waals surface area contributed by atoms with Crippen molar-refractivity contribution < 1.29 is 4.79 Å². The summed E-state index contributed by atoms with van der Waals surface area (Å²) in [6, 6.07) is 0. The molecule has 0 unspecified atom stereocenters. The minimum atomic E-state index is 0.556. The minimum absolute atomic E-state index is 0.556. The Hall–Kier alpha value is -1.19. The van der Waals surface area contributed by atoms with Gasteiger partial charge in [-0.15, -0.1) is 5.92 Å². The van der Waals surface area contributed by atoms with E-state index < -0.39 is 0 Å². The molecule has 13 heavy (non-hydrogen) atoms. The van der Waals surface area contributed by atoms with E-state index in [0.29, 0.717) is 6.42 Å². The van der Waals surface area contributed by atoms with Crippen LogP contribution < -0.4 is 0 Å². The summed E-state index contributed by atoms with van der Waals surface area (Å²) in [4.78, 5) is 12.8. The average Bonchev–Trinajstić information content (AvgIpc) is 2.21. The first-order valence-corrected chi connectivity index (χ1v) is 4.77. The van der Waals surface area contributed by atoms with Crippen molar-refractivity contribution in [1.82, 2.24) is 4.90 Å². The van der Waals surface area contributed by atoms with Gasteiger partial charge in [-0.25, -0.2) is 4.79 Å². The maximum Gasteiger partial charge on any atom is 0.146 e. The van der Waals surface area contributed by atoms with Crippen LogP contribution in [0.2, 0.25) is 0 Å². The molecule has 0 aromatic heterocycles. The summed E-state index contributed by atoms with van der Waals surface area (Å²) in [6.45, 7) is 3.78. The zero-order chi connectivity index (χ0) is 9.52. The Morgan fingerprint density at radius 3 is 2.54 bits per heavy atom. The molecule has 1 aliphatic heterocycles. The van der Waals surface area contributed by atoms with Crippen molar-refractivity contribution >= 4 is 5.94 Å². The minimum Gasteiger partial charge on any atom is -0.365 e. The summed E-state index contributed by atoms with van der Waals surface area (Å²) in [5, 5.41) is 0. The quantitative estimate of drug-likeness (QED) is 0.471. The lowest BCUT2D eigenvalue weighted by Gasteiger charge is -2.28. The number of allylic oxidation sites excluding steroid dienone is 1. The molecule has 2 nitrogen and oxygen atoms in total. The summed E-state index contributed by atoms with van der Waals surface area (Å²) in [6.07, 6.45) is 4.21. The molecule has 70 valence electrons. The Bertz CT molecular complexity index is 260. The van der Waals surface area contributed by atoms with Gasteiger partial charge in [-0.2, -0.15) is 0 Å². The monoisotopic (exact) mass is 177 g/mol. The van der Waals surface area contributed by atoms with Gasteiger partial charge in [0.05, 0.1) is 6.42 Å². The second-order valence-electron chi connectivity index (χ2n) is 3.20. The third-order valence-corrected chi connectivity index (χ3v) is 2.29. The number of hydrogen-bond donors (Lipinski definition) is 0. The predicted molar refractivity (Wildman–Crippen MR) is 52.7 cm³/mol. The van der Waals surface area contributed by atoms with Crippen molar-refractivity contribution in [3.63, 3.8) is 0 Å². The molecule has 0 saturated carbocycles. The molecule has 0 spiro atoms. The van der Waals surface area contributed by atoms with Crippen molar-refractivity contribution in [1.29, 1.82) is 0 Å². The smallest absolute Gasteiger partial charge is 0.146 e. The molecule has 2 heteroatoms. The number of carbonyl (C=O) groups excluding carboxylic acids is 1. The third kappa shape index (κ3) is 2.97. The molecule has 1 aliphatic rings. The van der Waals surface area contributed by atoms with Crippen molar-refractivity contribution in [2.24, 2.45) is 0 Å². The summed E-state index contributed by atoms with van der Waals surface area (Å²) in [7, 11) is 0. The van der Waals surface area contributed by atoms with Crippen LogP contribution in [0, 0.1) is 11.8 Å². The highest BCUT2D eigenvalue weighted by Gasteiger charge is 2.12. The third-order valence-electron chi connectivity index (χ3n) is 2.29. The molecule has 0 atom stereocenters. The van der Waals surface area contributed by atoms with Crippen LogP contribution in [-0.4, -0.2) is 23.9 Å². The van der Waals surface area contributed by atoms with Crippen molar-refractivity contribution in [2.45, 2.75) is 32.6 Å². The molecule has 0 aliphatic carbocycles. The molecular formula is C11H15NO. The molecular weight excluding hydrogens is 162 g/mol. The lowest BCUT2D eigenvalue weighted by molar-refractivity contribution is 0.283. The Morgan fingerprint density at radius 2 is 2.00 bits per heavy atom. The molecule has 0 radical (unpaired) electrons. The number of nitrogens with zero attached hydrogens (tertiary/aromatic N) is 1. The van der Waals surface area contributed by atoms with Crippen molar-refractivity contribution in [2.75, 3.05) is 13.1 Å². The van der Waals surface area contributed by atoms with E-state index in [2.05, 4.69) is 16.7 Å². The summed E-state index contributed by atoms with van der Waals surface area (Å²) in [5.74, 6) is 7.70. The molecule has 1 rings (SSSR count). The highest BCUT2D eigenvalue weighted by molar-refractivity contribution is 5.52. The summed E-state index contributed by atoms with van der Waals surface area (Å²) in [5.41, 5.74) is 0.731. The second kappa shape index (κ2) is 5.45. The van der Waals surface area contributed by atoms with Crippen LogP contribution >= 0.6 is 0 Å². The molecule has 1 saturated heterocycles. The van der Waals surface area contributed by atoms with E-state index in [1.807, 2.05) is 5.94 Å². The Kier molecular flexibility index (Phi) is 4.15. The molecule has 0 aromatic carbocycles. The molecule has 1 fully saturated rings. The zero-order valence-corrected chi connectivity index (χ0v) is 8.10. The SMILES string of the molecule is CC#CCC(=C=O)N1CCCCC1. The van der Waals surface area contributed by atoms with Crippen LogP contribution in [0.5, 0.6) is 0 Å². The van der Waals surface area contributed by atoms with Crippen molar-refractivity contribution in [3.8, 4) is 11.8 Å². The van der Waals surface area contributed by atoms with Gasteiger partial charge < -0.3 is 4.90 Å². The second-order valence-corrected chi connectivity index (χ2v) is 3.20. The summed E-state index contributed by atoms with van der Waals surface area (Å²) < 4.78 is 0. The van der Waals surface area contributed by atoms with Gasteiger partial charge in [0.2, 0.25) is 0 Å². The van der Waals surface area contributed by atoms with Gasteiger partial charge in [0.15, 0.2) is 0 Å². The number of hydrogen-bond acceptors (Lipinski definition) is 2. The van der Waals surface area contributed by atoms with E-state index in [-0.39, 0.29) is 0 Å². The fourth-order valence-electron chi connectivity index (χ4n) is 1.55. The lowest BCUT2D eigenvalue weighted by Crippen LogP contribution is -2.29. The van der Waals surface area contributed by atoms with Gasteiger partial charge in [0.1, 0.15) is 11.6 Å². The van der Waals surface area contributed by atoms with E-state index in [9.17, 15) is 4.79 Å². The van der Waals surface area contributed by atoms with Gasteiger partial charge in [-0.3, -0.25) is 0 Å². The Morgan fingerprint density at radius 1 is 1.31 bits per heavy atom. The van der Waals surface area contributed by atoms with Gasteiger partial charge in [0.25, 0.3) is 0 Å². The lowest BCUT2D eigenvalue weighted by atomic mass is 10.1. The van der Waals surface area contributed by atoms with Crippen LogP contribution in [0.4, 0.5) is 0 Å². The number of likely N-dealkylation sites (tertiary alicyclic amines) is 1. The van der Waals surface area contributed by atoms with E-state index in [0.717, 1.165) is 18.8 Å². The van der Waals surface area contributed by atoms with Gasteiger partial charge in [0, 0.05) is 13.1 Å². The first kappa shape index (κ1) is 9.89. The van der Waals surface area contributed by atoms with Crippen LogP contribution in [0.3, 0.4) is 0 Å².